The monoisotopic (exact) mass is 183 g/mol. The van der Waals surface area contributed by atoms with Crippen LogP contribution in [0.25, 0.3) is 0 Å². The fourth-order valence-corrected chi connectivity index (χ4v) is 2.71. The highest BCUT2D eigenvalue weighted by molar-refractivity contribution is 4.94. The lowest BCUT2D eigenvalue weighted by Gasteiger charge is -2.25. The van der Waals surface area contributed by atoms with Crippen LogP contribution < -0.4 is 0 Å². The van der Waals surface area contributed by atoms with E-state index in [-0.39, 0.29) is 11.5 Å². The molecule has 76 valence electrons. The zero-order valence-corrected chi connectivity index (χ0v) is 8.79. The van der Waals surface area contributed by atoms with Crippen molar-refractivity contribution in [1.82, 2.24) is 4.90 Å². The Labute approximate surface area is 80.9 Å². The molecule has 0 radical (unpaired) electrons. The van der Waals surface area contributed by atoms with Gasteiger partial charge in [0.1, 0.15) is 0 Å². The minimum absolute atomic E-state index is 0.114. The first-order chi connectivity index (χ1) is 6.09. The Morgan fingerprint density at radius 3 is 2.31 bits per heavy atom. The standard InChI is InChI=1S/C11H21NO/c1-11(2)8-12(7-10(11)13)9-5-3-4-6-9/h9-10,13H,3-8H2,1-2H3. The van der Waals surface area contributed by atoms with Gasteiger partial charge < -0.3 is 5.11 Å². The third-order valence-electron chi connectivity index (χ3n) is 3.76. The number of β-amino-alcohol motifs (C(OH)–C–C–N with tert-alkyl or cyclic N) is 1. The van der Waals surface area contributed by atoms with Gasteiger partial charge in [-0.3, -0.25) is 4.90 Å². The van der Waals surface area contributed by atoms with Crippen LogP contribution in [0.1, 0.15) is 39.5 Å². The zero-order valence-electron chi connectivity index (χ0n) is 8.79. The zero-order chi connectivity index (χ0) is 9.47. The van der Waals surface area contributed by atoms with Gasteiger partial charge in [-0.25, -0.2) is 0 Å². The largest absolute Gasteiger partial charge is 0.391 e. The second-order valence-electron chi connectivity index (χ2n) is 5.37. The van der Waals surface area contributed by atoms with E-state index in [1.54, 1.807) is 0 Å². The predicted octanol–water partition coefficient (Wildman–Crippen LogP) is 1.63. The Bertz CT molecular complexity index is 185. The lowest BCUT2D eigenvalue weighted by atomic mass is 9.90. The molecule has 1 aliphatic carbocycles. The maximum Gasteiger partial charge on any atom is 0.0730 e. The van der Waals surface area contributed by atoms with Gasteiger partial charge in [-0.05, 0) is 12.8 Å². The molecule has 1 unspecified atom stereocenters. The molecule has 0 amide bonds. The Kier molecular flexibility index (Phi) is 2.37. The van der Waals surface area contributed by atoms with Gasteiger partial charge in [0.25, 0.3) is 0 Å². The molecule has 0 aromatic rings. The maximum atomic E-state index is 9.85. The number of hydrogen-bond donors (Lipinski definition) is 1. The Morgan fingerprint density at radius 1 is 1.23 bits per heavy atom. The van der Waals surface area contributed by atoms with Gasteiger partial charge in [-0.1, -0.05) is 26.7 Å². The van der Waals surface area contributed by atoms with Crippen LogP contribution >= 0.6 is 0 Å². The lowest BCUT2D eigenvalue weighted by molar-refractivity contribution is 0.0950. The summed E-state index contributed by atoms with van der Waals surface area (Å²) in [7, 11) is 0. The molecular formula is C11H21NO. The molecule has 2 nitrogen and oxygen atoms in total. The lowest BCUT2D eigenvalue weighted by Crippen LogP contribution is -2.32. The van der Waals surface area contributed by atoms with Gasteiger partial charge in [-0.15, -0.1) is 0 Å². The maximum absolute atomic E-state index is 9.85. The molecule has 1 saturated carbocycles. The van der Waals surface area contributed by atoms with Crippen LogP contribution in [0.15, 0.2) is 0 Å². The van der Waals surface area contributed by atoms with E-state index >= 15 is 0 Å². The summed E-state index contributed by atoms with van der Waals surface area (Å²) in [5.74, 6) is 0. The van der Waals surface area contributed by atoms with Gasteiger partial charge >= 0.3 is 0 Å². The third kappa shape index (κ3) is 1.75. The SMILES string of the molecule is CC1(C)CN(C2CCCC2)CC1O. The van der Waals surface area contributed by atoms with Crippen LogP contribution in [0.4, 0.5) is 0 Å². The van der Waals surface area contributed by atoms with Gasteiger partial charge in [0.05, 0.1) is 6.10 Å². The molecule has 0 spiro atoms. The molecule has 2 rings (SSSR count). The summed E-state index contributed by atoms with van der Waals surface area (Å²) in [6.07, 6.45) is 5.36. The summed E-state index contributed by atoms with van der Waals surface area (Å²) in [5.41, 5.74) is 0.114. The van der Waals surface area contributed by atoms with Gasteiger partial charge in [0.2, 0.25) is 0 Å². The average molecular weight is 183 g/mol. The minimum Gasteiger partial charge on any atom is -0.391 e. The summed E-state index contributed by atoms with van der Waals surface area (Å²) >= 11 is 0. The minimum atomic E-state index is -0.118. The highest BCUT2D eigenvalue weighted by Gasteiger charge is 2.40. The highest BCUT2D eigenvalue weighted by atomic mass is 16.3. The summed E-state index contributed by atoms with van der Waals surface area (Å²) in [6, 6.07) is 0.774. The predicted molar refractivity (Wildman–Crippen MR) is 53.6 cm³/mol. The quantitative estimate of drug-likeness (QED) is 0.668. The van der Waals surface area contributed by atoms with E-state index in [2.05, 4.69) is 18.7 Å². The molecule has 1 aliphatic heterocycles. The van der Waals surface area contributed by atoms with Gasteiger partial charge in [0, 0.05) is 24.5 Å². The van der Waals surface area contributed by atoms with Crippen molar-refractivity contribution in [3.05, 3.63) is 0 Å². The van der Waals surface area contributed by atoms with E-state index in [1.165, 1.54) is 25.7 Å². The van der Waals surface area contributed by atoms with E-state index in [0.29, 0.717) is 0 Å². The molecular weight excluding hydrogens is 162 g/mol. The molecule has 1 heterocycles. The van der Waals surface area contributed by atoms with Crippen LogP contribution in [-0.4, -0.2) is 35.2 Å². The van der Waals surface area contributed by atoms with E-state index < -0.39 is 0 Å². The first kappa shape index (κ1) is 9.47. The molecule has 1 saturated heterocycles. The average Bonchev–Trinajstić information content (AvgIpc) is 2.60. The van der Waals surface area contributed by atoms with Gasteiger partial charge in [0.15, 0.2) is 0 Å². The van der Waals surface area contributed by atoms with Crippen molar-refractivity contribution in [1.29, 1.82) is 0 Å². The first-order valence-electron chi connectivity index (χ1n) is 5.52. The van der Waals surface area contributed by atoms with Crippen LogP contribution in [0.2, 0.25) is 0 Å². The van der Waals surface area contributed by atoms with Crippen molar-refractivity contribution in [3.63, 3.8) is 0 Å². The normalized spacial score (nSPS) is 35.8. The second-order valence-corrected chi connectivity index (χ2v) is 5.37. The van der Waals surface area contributed by atoms with Crippen molar-refractivity contribution in [2.75, 3.05) is 13.1 Å². The number of hydrogen-bond acceptors (Lipinski definition) is 2. The van der Waals surface area contributed by atoms with Gasteiger partial charge in [-0.2, -0.15) is 0 Å². The summed E-state index contributed by atoms with van der Waals surface area (Å²) in [4.78, 5) is 2.50. The molecule has 2 heteroatoms. The van der Waals surface area contributed by atoms with E-state index in [4.69, 9.17) is 0 Å². The van der Waals surface area contributed by atoms with Crippen molar-refractivity contribution in [2.45, 2.75) is 51.7 Å². The molecule has 0 aromatic carbocycles. The Hall–Kier alpha value is -0.0800. The van der Waals surface area contributed by atoms with E-state index in [1.807, 2.05) is 0 Å². The molecule has 0 aromatic heterocycles. The van der Waals surface area contributed by atoms with Crippen LogP contribution in [-0.2, 0) is 0 Å². The molecule has 1 N–H and O–H groups in total. The number of rotatable bonds is 1. The number of likely N-dealkylation sites (tertiary alicyclic amines) is 1. The number of aliphatic hydroxyl groups is 1. The molecule has 13 heavy (non-hydrogen) atoms. The van der Waals surface area contributed by atoms with Crippen LogP contribution in [0, 0.1) is 5.41 Å². The first-order valence-corrected chi connectivity index (χ1v) is 5.52. The molecule has 2 fully saturated rings. The Morgan fingerprint density at radius 2 is 1.85 bits per heavy atom. The van der Waals surface area contributed by atoms with E-state index in [9.17, 15) is 5.11 Å². The van der Waals surface area contributed by atoms with Crippen molar-refractivity contribution in [3.8, 4) is 0 Å². The number of nitrogens with zero attached hydrogens (tertiary/aromatic N) is 1. The number of aliphatic hydroxyl groups excluding tert-OH is 1. The Balaban J connectivity index is 1.96. The fourth-order valence-electron chi connectivity index (χ4n) is 2.71. The molecule has 2 aliphatic rings. The molecule has 0 bridgehead atoms. The fraction of sp³-hybridized carbons (Fsp3) is 1.00. The van der Waals surface area contributed by atoms with Crippen LogP contribution in [0.3, 0.4) is 0 Å². The second kappa shape index (κ2) is 3.25. The topological polar surface area (TPSA) is 23.5 Å². The highest BCUT2D eigenvalue weighted by Crippen LogP contribution is 2.34. The summed E-state index contributed by atoms with van der Waals surface area (Å²) in [6.45, 7) is 6.33. The third-order valence-corrected chi connectivity index (χ3v) is 3.76. The summed E-state index contributed by atoms with van der Waals surface area (Å²) < 4.78 is 0. The van der Waals surface area contributed by atoms with Crippen LogP contribution in [0.5, 0.6) is 0 Å². The van der Waals surface area contributed by atoms with E-state index in [0.717, 1.165) is 19.1 Å². The van der Waals surface area contributed by atoms with Crippen molar-refractivity contribution in [2.24, 2.45) is 5.41 Å². The summed E-state index contributed by atoms with van der Waals surface area (Å²) in [5, 5.41) is 9.85. The van der Waals surface area contributed by atoms with Crippen molar-refractivity contribution >= 4 is 0 Å². The van der Waals surface area contributed by atoms with Crippen molar-refractivity contribution < 1.29 is 5.11 Å². The smallest absolute Gasteiger partial charge is 0.0730 e. The molecule has 1 atom stereocenters.